The fraction of sp³-hybridized carbons (Fsp3) is 0.368. The summed E-state index contributed by atoms with van der Waals surface area (Å²) in [7, 11) is 0. The topological polar surface area (TPSA) is 51.5 Å². The second-order valence-electron chi connectivity index (χ2n) is 6.50. The van der Waals surface area contributed by atoms with Gasteiger partial charge in [-0.2, -0.15) is 9.61 Å². The molecule has 3 aromatic rings. The average molecular weight is 340 g/mol. The highest BCUT2D eigenvalue weighted by molar-refractivity contribution is 5.80. The number of anilines is 1. The Labute approximate surface area is 145 Å². The predicted molar refractivity (Wildman–Crippen MR) is 95.3 cm³/mol. The molecule has 1 atom stereocenters. The van der Waals surface area contributed by atoms with Crippen molar-refractivity contribution in [3.8, 4) is 11.1 Å². The van der Waals surface area contributed by atoms with E-state index in [1.54, 1.807) is 12.1 Å². The molecule has 6 heteroatoms. The lowest BCUT2D eigenvalue weighted by Gasteiger charge is -2.13. The summed E-state index contributed by atoms with van der Waals surface area (Å²) in [5, 5.41) is 8.10. The largest absolute Gasteiger partial charge is 0.376 e. The maximum atomic E-state index is 13.3. The highest BCUT2D eigenvalue weighted by Crippen LogP contribution is 2.29. The number of aryl methyl sites for hydroxylation is 2. The smallest absolute Gasteiger partial charge is 0.165 e. The van der Waals surface area contributed by atoms with Crippen LogP contribution < -0.4 is 5.32 Å². The molecule has 0 radical (unpaired) electrons. The zero-order valence-electron chi connectivity index (χ0n) is 14.4. The normalized spacial score (nSPS) is 17.3. The Morgan fingerprint density at radius 3 is 2.80 bits per heavy atom. The van der Waals surface area contributed by atoms with Gasteiger partial charge in [0.25, 0.3) is 0 Å². The highest BCUT2D eigenvalue weighted by atomic mass is 19.1. The molecule has 2 aromatic heterocycles. The molecule has 1 aromatic carbocycles. The van der Waals surface area contributed by atoms with Crippen LogP contribution >= 0.6 is 0 Å². The highest BCUT2D eigenvalue weighted by Gasteiger charge is 2.18. The predicted octanol–water partition coefficient (Wildman–Crippen LogP) is 3.74. The van der Waals surface area contributed by atoms with E-state index < -0.39 is 0 Å². The molecule has 0 saturated carbocycles. The summed E-state index contributed by atoms with van der Waals surface area (Å²) < 4.78 is 20.8. The molecule has 3 heterocycles. The first-order valence-corrected chi connectivity index (χ1v) is 8.60. The molecule has 4 rings (SSSR count). The van der Waals surface area contributed by atoms with Crippen LogP contribution in [-0.2, 0) is 4.74 Å². The molecule has 0 aliphatic carbocycles. The lowest BCUT2D eigenvalue weighted by atomic mass is 10.1. The summed E-state index contributed by atoms with van der Waals surface area (Å²) in [6, 6.07) is 8.45. The third-order valence-corrected chi connectivity index (χ3v) is 4.56. The maximum absolute atomic E-state index is 13.3. The molecule has 0 amide bonds. The zero-order chi connectivity index (χ0) is 17.4. The minimum atomic E-state index is -0.249. The third kappa shape index (κ3) is 3.09. The number of fused-ring (bicyclic) bond motifs is 1. The molecule has 0 spiro atoms. The van der Waals surface area contributed by atoms with Crippen molar-refractivity contribution in [1.29, 1.82) is 0 Å². The summed E-state index contributed by atoms with van der Waals surface area (Å²) in [4.78, 5) is 4.67. The molecule has 130 valence electrons. The van der Waals surface area contributed by atoms with Crippen molar-refractivity contribution in [2.75, 3.05) is 18.5 Å². The molecular weight excluding hydrogens is 319 g/mol. The Balaban J connectivity index is 1.75. The minimum Gasteiger partial charge on any atom is -0.376 e. The lowest BCUT2D eigenvalue weighted by Crippen LogP contribution is -2.20. The number of hydrogen-bond acceptors (Lipinski definition) is 4. The number of hydrogen-bond donors (Lipinski definition) is 1. The van der Waals surface area contributed by atoms with E-state index in [9.17, 15) is 4.39 Å². The Morgan fingerprint density at radius 2 is 2.08 bits per heavy atom. The Kier molecular flexibility index (Phi) is 4.13. The summed E-state index contributed by atoms with van der Waals surface area (Å²) in [5.74, 6) is 0.649. The van der Waals surface area contributed by atoms with E-state index in [0.29, 0.717) is 0 Å². The SMILES string of the molecule is Cc1cc(NC[C@@H]2CCCO2)n2nc(C)c(-c3ccc(F)cc3)c2n1. The lowest BCUT2D eigenvalue weighted by molar-refractivity contribution is 0.120. The molecule has 1 saturated heterocycles. The van der Waals surface area contributed by atoms with E-state index in [4.69, 9.17) is 4.74 Å². The summed E-state index contributed by atoms with van der Waals surface area (Å²) in [6.07, 6.45) is 2.45. The first-order chi connectivity index (χ1) is 12.1. The number of rotatable bonds is 4. The van der Waals surface area contributed by atoms with Crippen molar-refractivity contribution in [3.63, 3.8) is 0 Å². The van der Waals surface area contributed by atoms with E-state index in [0.717, 1.165) is 60.0 Å². The van der Waals surface area contributed by atoms with Crippen molar-refractivity contribution in [1.82, 2.24) is 14.6 Å². The summed E-state index contributed by atoms with van der Waals surface area (Å²) in [6.45, 7) is 5.51. The first kappa shape index (κ1) is 16.0. The van der Waals surface area contributed by atoms with Gasteiger partial charge >= 0.3 is 0 Å². The monoisotopic (exact) mass is 340 g/mol. The van der Waals surface area contributed by atoms with Crippen molar-refractivity contribution < 1.29 is 9.13 Å². The van der Waals surface area contributed by atoms with Gasteiger partial charge in [-0.1, -0.05) is 12.1 Å². The number of aromatic nitrogens is 3. The number of nitrogens with one attached hydrogen (secondary N) is 1. The van der Waals surface area contributed by atoms with Gasteiger partial charge in [-0.25, -0.2) is 9.37 Å². The zero-order valence-corrected chi connectivity index (χ0v) is 14.4. The Morgan fingerprint density at radius 1 is 1.28 bits per heavy atom. The first-order valence-electron chi connectivity index (χ1n) is 8.60. The van der Waals surface area contributed by atoms with Crippen LogP contribution in [-0.4, -0.2) is 33.9 Å². The third-order valence-electron chi connectivity index (χ3n) is 4.56. The van der Waals surface area contributed by atoms with Crippen LogP contribution in [0.4, 0.5) is 10.2 Å². The van der Waals surface area contributed by atoms with Crippen LogP contribution in [0.25, 0.3) is 16.8 Å². The van der Waals surface area contributed by atoms with Crippen LogP contribution in [0.15, 0.2) is 30.3 Å². The van der Waals surface area contributed by atoms with Gasteiger partial charge in [-0.3, -0.25) is 0 Å². The molecule has 1 N–H and O–H groups in total. The minimum absolute atomic E-state index is 0.247. The summed E-state index contributed by atoms with van der Waals surface area (Å²) in [5.41, 5.74) is 4.40. The van der Waals surface area contributed by atoms with Gasteiger partial charge in [0, 0.05) is 30.5 Å². The van der Waals surface area contributed by atoms with E-state index in [1.807, 2.05) is 24.4 Å². The van der Waals surface area contributed by atoms with Crippen molar-refractivity contribution in [2.24, 2.45) is 0 Å². The van der Waals surface area contributed by atoms with Gasteiger partial charge in [-0.05, 0) is 44.4 Å². The van der Waals surface area contributed by atoms with E-state index >= 15 is 0 Å². The van der Waals surface area contributed by atoms with Crippen molar-refractivity contribution in [3.05, 3.63) is 47.5 Å². The molecule has 1 fully saturated rings. The number of halogens is 1. The van der Waals surface area contributed by atoms with Gasteiger partial charge in [0.15, 0.2) is 5.65 Å². The van der Waals surface area contributed by atoms with Gasteiger partial charge in [0.1, 0.15) is 11.6 Å². The number of benzene rings is 1. The Bertz CT molecular complexity index is 898. The average Bonchev–Trinajstić information content (AvgIpc) is 3.21. The van der Waals surface area contributed by atoms with E-state index in [-0.39, 0.29) is 11.9 Å². The van der Waals surface area contributed by atoms with Gasteiger partial charge in [-0.15, -0.1) is 0 Å². The summed E-state index contributed by atoms with van der Waals surface area (Å²) >= 11 is 0. The standard InChI is InChI=1S/C19H21FN4O/c1-12-10-17(21-11-16-4-3-9-25-16)24-19(22-12)18(13(2)23-24)14-5-7-15(20)8-6-14/h5-8,10,16,21H,3-4,9,11H2,1-2H3/t16-/m0/s1. The molecule has 0 bridgehead atoms. The molecule has 1 aliphatic rings. The van der Waals surface area contributed by atoms with Gasteiger partial charge < -0.3 is 10.1 Å². The molecule has 0 unspecified atom stereocenters. The second kappa shape index (κ2) is 6.44. The van der Waals surface area contributed by atoms with Crippen LogP contribution in [0, 0.1) is 19.7 Å². The fourth-order valence-electron chi connectivity index (χ4n) is 3.35. The van der Waals surface area contributed by atoms with Crippen LogP contribution in [0.1, 0.15) is 24.2 Å². The quantitative estimate of drug-likeness (QED) is 0.786. The molecular formula is C19H21FN4O. The van der Waals surface area contributed by atoms with E-state index in [2.05, 4.69) is 15.4 Å². The van der Waals surface area contributed by atoms with Gasteiger partial charge in [0.2, 0.25) is 0 Å². The van der Waals surface area contributed by atoms with Crippen LogP contribution in [0.5, 0.6) is 0 Å². The molecule has 25 heavy (non-hydrogen) atoms. The van der Waals surface area contributed by atoms with Crippen LogP contribution in [0.3, 0.4) is 0 Å². The van der Waals surface area contributed by atoms with Crippen molar-refractivity contribution in [2.45, 2.75) is 32.8 Å². The number of nitrogens with zero attached hydrogens (tertiary/aromatic N) is 3. The molecule has 5 nitrogen and oxygen atoms in total. The second-order valence-corrected chi connectivity index (χ2v) is 6.50. The van der Waals surface area contributed by atoms with Crippen molar-refractivity contribution >= 4 is 11.5 Å². The van der Waals surface area contributed by atoms with Gasteiger partial charge in [0.05, 0.1) is 11.8 Å². The maximum Gasteiger partial charge on any atom is 0.165 e. The number of ether oxygens (including phenoxy) is 1. The van der Waals surface area contributed by atoms with E-state index in [1.165, 1.54) is 12.1 Å². The molecule has 1 aliphatic heterocycles. The Hall–Kier alpha value is -2.47. The van der Waals surface area contributed by atoms with Crippen LogP contribution in [0.2, 0.25) is 0 Å². The fourth-order valence-corrected chi connectivity index (χ4v) is 3.35.